The standard InChI is InChI=1S/C18H17NO2/c1-13-16(15-9-5-6-10-17(15)19-13)11-18(20)21-12-14-7-3-2-4-8-14/h2-10,19H,11-12H2,1H3. The molecule has 106 valence electrons. The lowest BCUT2D eigenvalue weighted by molar-refractivity contribution is -0.144. The zero-order valence-corrected chi connectivity index (χ0v) is 11.9. The van der Waals surface area contributed by atoms with Crippen LogP contribution in [0.2, 0.25) is 0 Å². The predicted octanol–water partition coefficient (Wildman–Crippen LogP) is 3.76. The first-order valence-corrected chi connectivity index (χ1v) is 7.00. The van der Waals surface area contributed by atoms with Crippen LogP contribution in [0.4, 0.5) is 0 Å². The van der Waals surface area contributed by atoms with Crippen molar-refractivity contribution in [3.8, 4) is 0 Å². The smallest absolute Gasteiger partial charge is 0.310 e. The highest BCUT2D eigenvalue weighted by Gasteiger charge is 2.13. The average Bonchev–Trinajstić information content (AvgIpc) is 2.82. The first-order valence-electron chi connectivity index (χ1n) is 7.00. The number of carbonyl (C=O) groups is 1. The molecule has 3 heteroatoms. The van der Waals surface area contributed by atoms with Gasteiger partial charge in [-0.1, -0.05) is 48.5 Å². The van der Waals surface area contributed by atoms with Crippen LogP contribution in [0.3, 0.4) is 0 Å². The van der Waals surface area contributed by atoms with Gasteiger partial charge in [-0.15, -0.1) is 0 Å². The number of hydrogen-bond donors (Lipinski definition) is 1. The summed E-state index contributed by atoms with van der Waals surface area (Å²) < 4.78 is 5.35. The van der Waals surface area contributed by atoms with Crippen LogP contribution in [0, 0.1) is 6.92 Å². The Balaban J connectivity index is 1.70. The fourth-order valence-electron chi connectivity index (χ4n) is 2.50. The van der Waals surface area contributed by atoms with Crippen LogP contribution in [0.25, 0.3) is 10.9 Å². The topological polar surface area (TPSA) is 42.1 Å². The first kappa shape index (κ1) is 13.4. The van der Waals surface area contributed by atoms with Crippen molar-refractivity contribution < 1.29 is 9.53 Å². The Kier molecular flexibility index (Phi) is 3.73. The fourth-order valence-corrected chi connectivity index (χ4v) is 2.50. The second-order valence-corrected chi connectivity index (χ2v) is 5.10. The number of aromatic amines is 1. The Hall–Kier alpha value is -2.55. The Morgan fingerprint density at radius 2 is 1.76 bits per heavy atom. The predicted molar refractivity (Wildman–Crippen MR) is 83.0 cm³/mol. The SMILES string of the molecule is Cc1[nH]c2ccccc2c1CC(=O)OCc1ccccc1. The monoisotopic (exact) mass is 279 g/mol. The normalized spacial score (nSPS) is 10.7. The summed E-state index contributed by atoms with van der Waals surface area (Å²) in [6.07, 6.45) is 0.294. The molecule has 0 atom stereocenters. The van der Waals surface area contributed by atoms with E-state index in [1.54, 1.807) is 0 Å². The molecule has 0 amide bonds. The third kappa shape index (κ3) is 2.97. The largest absolute Gasteiger partial charge is 0.461 e. The molecule has 0 unspecified atom stereocenters. The molecule has 0 fully saturated rings. The maximum absolute atomic E-state index is 12.0. The van der Waals surface area contributed by atoms with Crippen molar-refractivity contribution in [3.05, 3.63) is 71.4 Å². The molecular weight excluding hydrogens is 262 g/mol. The highest BCUT2D eigenvalue weighted by Crippen LogP contribution is 2.22. The van der Waals surface area contributed by atoms with E-state index >= 15 is 0 Å². The van der Waals surface area contributed by atoms with Gasteiger partial charge in [0.2, 0.25) is 0 Å². The Morgan fingerprint density at radius 3 is 2.57 bits per heavy atom. The number of nitrogens with one attached hydrogen (secondary N) is 1. The van der Waals surface area contributed by atoms with E-state index in [9.17, 15) is 4.79 Å². The van der Waals surface area contributed by atoms with Crippen molar-refractivity contribution in [1.29, 1.82) is 0 Å². The molecule has 0 radical (unpaired) electrons. The minimum absolute atomic E-state index is 0.202. The number of H-pyrrole nitrogens is 1. The number of hydrogen-bond acceptors (Lipinski definition) is 2. The van der Waals surface area contributed by atoms with Crippen molar-refractivity contribution in [2.45, 2.75) is 20.0 Å². The molecule has 0 saturated heterocycles. The zero-order chi connectivity index (χ0) is 14.7. The number of para-hydroxylation sites is 1. The molecule has 0 aliphatic rings. The van der Waals surface area contributed by atoms with Crippen molar-refractivity contribution in [3.63, 3.8) is 0 Å². The van der Waals surface area contributed by atoms with Crippen LogP contribution in [-0.4, -0.2) is 11.0 Å². The molecule has 3 nitrogen and oxygen atoms in total. The summed E-state index contributed by atoms with van der Waals surface area (Å²) in [6, 6.07) is 17.7. The van der Waals surface area contributed by atoms with Gasteiger partial charge in [-0.3, -0.25) is 4.79 Å². The van der Waals surface area contributed by atoms with Crippen molar-refractivity contribution in [2.24, 2.45) is 0 Å². The van der Waals surface area contributed by atoms with Crippen LogP contribution in [-0.2, 0) is 22.6 Å². The van der Waals surface area contributed by atoms with Crippen molar-refractivity contribution in [1.82, 2.24) is 4.98 Å². The summed E-state index contributed by atoms with van der Waals surface area (Å²) in [5.74, 6) is -0.202. The lowest BCUT2D eigenvalue weighted by Gasteiger charge is -2.05. The van der Waals surface area contributed by atoms with Gasteiger partial charge in [0, 0.05) is 16.6 Å². The number of fused-ring (bicyclic) bond motifs is 1. The number of aryl methyl sites for hydroxylation is 1. The van der Waals surface area contributed by atoms with Gasteiger partial charge in [0.05, 0.1) is 6.42 Å². The van der Waals surface area contributed by atoms with Crippen LogP contribution in [0.1, 0.15) is 16.8 Å². The van der Waals surface area contributed by atoms with E-state index in [-0.39, 0.29) is 5.97 Å². The molecule has 1 heterocycles. The number of benzene rings is 2. The summed E-state index contributed by atoms with van der Waals surface area (Å²) in [7, 11) is 0. The third-order valence-electron chi connectivity index (χ3n) is 3.59. The number of aromatic nitrogens is 1. The number of carbonyl (C=O) groups excluding carboxylic acids is 1. The van der Waals surface area contributed by atoms with E-state index in [0.717, 1.165) is 27.7 Å². The lowest BCUT2D eigenvalue weighted by Crippen LogP contribution is -2.08. The first-order chi connectivity index (χ1) is 10.2. The summed E-state index contributed by atoms with van der Waals surface area (Å²) in [4.78, 5) is 15.3. The lowest BCUT2D eigenvalue weighted by atomic mass is 10.1. The van der Waals surface area contributed by atoms with Gasteiger partial charge >= 0.3 is 5.97 Å². The van der Waals surface area contributed by atoms with E-state index in [1.807, 2.05) is 61.5 Å². The molecule has 3 aromatic rings. The molecule has 0 spiro atoms. The Labute approximate surface area is 123 Å². The summed E-state index contributed by atoms with van der Waals surface area (Å²) in [5, 5.41) is 1.09. The van der Waals surface area contributed by atoms with Gasteiger partial charge < -0.3 is 9.72 Å². The van der Waals surface area contributed by atoms with Gasteiger partial charge in [-0.05, 0) is 24.1 Å². The molecule has 0 aliphatic heterocycles. The van der Waals surface area contributed by atoms with Gasteiger partial charge in [0.15, 0.2) is 0 Å². The van der Waals surface area contributed by atoms with Gasteiger partial charge in [0.1, 0.15) is 6.61 Å². The molecule has 2 aromatic carbocycles. The maximum Gasteiger partial charge on any atom is 0.310 e. The van der Waals surface area contributed by atoms with Crippen LogP contribution < -0.4 is 0 Å². The summed E-state index contributed by atoms with van der Waals surface area (Å²) in [6.45, 7) is 2.31. The van der Waals surface area contributed by atoms with Gasteiger partial charge in [-0.2, -0.15) is 0 Å². The Bertz CT molecular complexity index is 759. The molecule has 0 aliphatic carbocycles. The summed E-state index contributed by atoms with van der Waals surface area (Å²) >= 11 is 0. The van der Waals surface area contributed by atoms with Gasteiger partial charge in [-0.25, -0.2) is 0 Å². The quantitative estimate of drug-likeness (QED) is 0.739. The summed E-state index contributed by atoms with van der Waals surface area (Å²) in [5.41, 5.74) is 4.10. The molecular formula is C18H17NO2. The number of ether oxygens (including phenoxy) is 1. The van der Waals surface area contributed by atoms with E-state index in [2.05, 4.69) is 4.98 Å². The fraction of sp³-hybridized carbons (Fsp3) is 0.167. The van der Waals surface area contributed by atoms with Crippen molar-refractivity contribution in [2.75, 3.05) is 0 Å². The van der Waals surface area contributed by atoms with Crippen LogP contribution >= 0.6 is 0 Å². The zero-order valence-electron chi connectivity index (χ0n) is 11.9. The number of esters is 1. The van der Waals surface area contributed by atoms with E-state index in [0.29, 0.717) is 13.0 Å². The highest BCUT2D eigenvalue weighted by molar-refractivity contribution is 5.88. The minimum Gasteiger partial charge on any atom is -0.461 e. The van der Waals surface area contributed by atoms with Crippen LogP contribution in [0.5, 0.6) is 0 Å². The molecule has 0 bridgehead atoms. The number of rotatable bonds is 4. The third-order valence-corrected chi connectivity index (χ3v) is 3.59. The second-order valence-electron chi connectivity index (χ2n) is 5.10. The van der Waals surface area contributed by atoms with E-state index in [1.165, 1.54) is 0 Å². The molecule has 0 saturated carbocycles. The molecule has 3 rings (SSSR count). The minimum atomic E-state index is -0.202. The molecule has 1 N–H and O–H groups in total. The van der Waals surface area contributed by atoms with Crippen LogP contribution in [0.15, 0.2) is 54.6 Å². The average molecular weight is 279 g/mol. The molecule has 1 aromatic heterocycles. The van der Waals surface area contributed by atoms with E-state index < -0.39 is 0 Å². The molecule has 21 heavy (non-hydrogen) atoms. The highest BCUT2D eigenvalue weighted by atomic mass is 16.5. The van der Waals surface area contributed by atoms with Gasteiger partial charge in [0.25, 0.3) is 0 Å². The maximum atomic E-state index is 12.0. The second kappa shape index (κ2) is 5.83. The Morgan fingerprint density at radius 1 is 1.05 bits per heavy atom. The van der Waals surface area contributed by atoms with Crippen molar-refractivity contribution >= 4 is 16.9 Å². The van der Waals surface area contributed by atoms with E-state index in [4.69, 9.17) is 4.74 Å².